The smallest absolute Gasteiger partial charge is 0.328 e. The highest BCUT2D eigenvalue weighted by atomic mass is 16.5. The zero-order valence-corrected chi connectivity index (χ0v) is 19.5. The minimum atomic E-state index is -1.26. The number of fused-ring (bicyclic) bond motifs is 1. The van der Waals surface area contributed by atoms with Crippen molar-refractivity contribution in [3.05, 3.63) is 23.9 Å². The summed E-state index contributed by atoms with van der Waals surface area (Å²) in [6, 6.07) is 3.02. The fourth-order valence-electron chi connectivity index (χ4n) is 4.87. The van der Waals surface area contributed by atoms with Gasteiger partial charge in [0.2, 0.25) is 5.88 Å². The van der Waals surface area contributed by atoms with Crippen molar-refractivity contribution in [1.29, 1.82) is 0 Å². The summed E-state index contributed by atoms with van der Waals surface area (Å²) in [4.78, 5) is 24.5. The van der Waals surface area contributed by atoms with Gasteiger partial charge in [0.25, 0.3) is 0 Å². The van der Waals surface area contributed by atoms with Crippen LogP contribution in [0.5, 0.6) is 5.88 Å². The zero-order chi connectivity index (χ0) is 23.5. The lowest BCUT2D eigenvalue weighted by Crippen LogP contribution is -2.50. The molecule has 2 fully saturated rings. The van der Waals surface area contributed by atoms with Crippen molar-refractivity contribution in [3.63, 3.8) is 0 Å². The molecule has 1 aromatic rings. The van der Waals surface area contributed by atoms with E-state index in [1.165, 1.54) is 76.8 Å². The molecule has 184 valence electrons. The molecule has 9 heteroatoms. The molecule has 1 saturated heterocycles. The van der Waals surface area contributed by atoms with E-state index in [1.54, 1.807) is 0 Å². The highest BCUT2D eigenvalue weighted by Gasteiger charge is 2.24. The first-order chi connectivity index (χ1) is 16.0. The summed E-state index contributed by atoms with van der Waals surface area (Å²) in [5.41, 5.74) is 1.35. The first kappa shape index (κ1) is 25.2. The number of aliphatic carboxylic acids is 2. The van der Waals surface area contributed by atoms with Crippen molar-refractivity contribution < 1.29 is 24.5 Å². The van der Waals surface area contributed by atoms with Crippen LogP contribution in [0.3, 0.4) is 0 Å². The van der Waals surface area contributed by atoms with Crippen LogP contribution in [-0.4, -0.2) is 87.1 Å². The maximum Gasteiger partial charge on any atom is 0.328 e. The molecule has 2 aliphatic heterocycles. The molecule has 1 saturated carbocycles. The Morgan fingerprint density at radius 2 is 1.67 bits per heavy atom. The third-order valence-electron chi connectivity index (χ3n) is 6.63. The number of nitrogens with zero attached hydrogens (tertiary/aromatic N) is 4. The minimum absolute atomic E-state index is 0.558. The molecule has 0 aromatic carbocycles. The van der Waals surface area contributed by atoms with Gasteiger partial charge in [-0.05, 0) is 38.5 Å². The third kappa shape index (κ3) is 8.81. The Morgan fingerprint density at radius 3 is 2.30 bits per heavy atom. The van der Waals surface area contributed by atoms with Crippen LogP contribution in [0.1, 0.15) is 57.1 Å². The van der Waals surface area contributed by atoms with Crippen molar-refractivity contribution in [2.24, 2.45) is 0 Å². The van der Waals surface area contributed by atoms with Crippen LogP contribution in [0.2, 0.25) is 0 Å². The number of hydrogen-bond acceptors (Lipinski definition) is 6. The molecule has 33 heavy (non-hydrogen) atoms. The van der Waals surface area contributed by atoms with E-state index in [9.17, 15) is 9.59 Å². The highest BCUT2D eigenvalue weighted by molar-refractivity contribution is 5.89. The van der Waals surface area contributed by atoms with Crippen LogP contribution in [0, 0.1) is 0 Å². The van der Waals surface area contributed by atoms with Gasteiger partial charge < -0.3 is 19.8 Å². The van der Waals surface area contributed by atoms with Gasteiger partial charge in [0.1, 0.15) is 0 Å². The Morgan fingerprint density at radius 1 is 0.970 bits per heavy atom. The highest BCUT2D eigenvalue weighted by Crippen LogP contribution is 2.23. The Balaban J connectivity index is 0.000000331. The molecule has 2 N–H and O–H groups in total. The van der Waals surface area contributed by atoms with E-state index in [0.717, 1.165) is 44.5 Å². The molecule has 3 heterocycles. The molecule has 0 bridgehead atoms. The Kier molecular flexibility index (Phi) is 10.2. The van der Waals surface area contributed by atoms with Crippen LogP contribution in [0.25, 0.3) is 0 Å². The van der Waals surface area contributed by atoms with E-state index < -0.39 is 11.9 Å². The number of ether oxygens (including phenoxy) is 1. The first-order valence-electron chi connectivity index (χ1n) is 12.3. The van der Waals surface area contributed by atoms with Crippen LogP contribution < -0.4 is 4.74 Å². The Hall–Kier alpha value is -2.39. The normalized spacial score (nSPS) is 20.1. The number of hydrogen-bond donors (Lipinski definition) is 2. The second kappa shape index (κ2) is 13.3. The van der Waals surface area contributed by atoms with E-state index in [1.807, 2.05) is 0 Å². The molecule has 0 spiro atoms. The lowest BCUT2D eigenvalue weighted by Gasteiger charge is -2.40. The van der Waals surface area contributed by atoms with Gasteiger partial charge in [0.05, 0.1) is 6.61 Å². The van der Waals surface area contributed by atoms with Crippen LogP contribution in [-0.2, 0) is 22.6 Å². The fraction of sp³-hybridized carbons (Fsp3) is 0.708. The molecule has 1 aromatic heterocycles. The molecule has 0 atom stereocenters. The number of aryl methyl sites for hydroxylation is 2. The Labute approximate surface area is 196 Å². The lowest BCUT2D eigenvalue weighted by atomic mass is 9.94. The van der Waals surface area contributed by atoms with E-state index in [2.05, 4.69) is 25.6 Å². The van der Waals surface area contributed by atoms with Crippen molar-refractivity contribution in [2.45, 2.75) is 70.4 Å². The number of rotatable bonds is 8. The standard InChI is InChI=1S/C20H34N4O.C4H4O4/c1-2-7-18(8-3-1)23-14-12-22(13-15-23)10-6-16-25-20-17-19-9-4-5-11-24(19)21-20;5-3(6)1-2-4(7)8/h17-18H,1-16H2;1-2H,(H,5,6)(H,7,8)/b;2-1-. The Bertz CT molecular complexity index is 740. The number of aromatic nitrogens is 2. The van der Waals surface area contributed by atoms with Gasteiger partial charge in [-0.15, -0.1) is 5.10 Å². The molecule has 1 aliphatic carbocycles. The quantitative estimate of drug-likeness (QED) is 0.448. The van der Waals surface area contributed by atoms with Crippen molar-refractivity contribution in [2.75, 3.05) is 39.3 Å². The summed E-state index contributed by atoms with van der Waals surface area (Å²) in [5.74, 6) is -1.68. The van der Waals surface area contributed by atoms with Crippen LogP contribution >= 0.6 is 0 Å². The average molecular weight is 463 g/mol. The zero-order valence-electron chi connectivity index (χ0n) is 19.5. The maximum atomic E-state index is 9.55. The molecule has 3 aliphatic rings. The van der Waals surface area contributed by atoms with Gasteiger partial charge in [-0.2, -0.15) is 0 Å². The molecule has 4 rings (SSSR count). The second-order valence-electron chi connectivity index (χ2n) is 9.04. The number of piperazine rings is 1. The van der Waals surface area contributed by atoms with Crippen molar-refractivity contribution in [1.82, 2.24) is 19.6 Å². The largest absolute Gasteiger partial charge is 0.478 e. The van der Waals surface area contributed by atoms with E-state index in [-0.39, 0.29) is 0 Å². The van der Waals surface area contributed by atoms with Crippen molar-refractivity contribution in [3.8, 4) is 5.88 Å². The van der Waals surface area contributed by atoms with E-state index in [0.29, 0.717) is 12.2 Å². The molecule has 9 nitrogen and oxygen atoms in total. The second-order valence-corrected chi connectivity index (χ2v) is 9.04. The van der Waals surface area contributed by atoms with Gasteiger partial charge in [-0.1, -0.05) is 19.3 Å². The summed E-state index contributed by atoms with van der Waals surface area (Å²) < 4.78 is 8.03. The predicted octanol–water partition coefficient (Wildman–Crippen LogP) is 2.65. The van der Waals surface area contributed by atoms with Crippen LogP contribution in [0.4, 0.5) is 0 Å². The summed E-state index contributed by atoms with van der Waals surface area (Å²) >= 11 is 0. The monoisotopic (exact) mass is 462 g/mol. The van der Waals surface area contributed by atoms with E-state index in [4.69, 9.17) is 14.9 Å². The lowest BCUT2D eigenvalue weighted by molar-refractivity contribution is -0.134. The van der Waals surface area contributed by atoms with Gasteiger partial charge in [0, 0.05) is 69.2 Å². The summed E-state index contributed by atoms with van der Waals surface area (Å²) in [5, 5.41) is 20.2. The van der Waals surface area contributed by atoms with Gasteiger partial charge >= 0.3 is 11.9 Å². The molecule has 0 amide bonds. The average Bonchev–Trinajstić information content (AvgIpc) is 3.25. The number of carbonyl (C=O) groups is 2. The third-order valence-corrected chi connectivity index (χ3v) is 6.63. The fourth-order valence-corrected chi connectivity index (χ4v) is 4.87. The summed E-state index contributed by atoms with van der Waals surface area (Å²) in [6.45, 7) is 8.00. The molecular formula is C24H38N4O5. The predicted molar refractivity (Wildman–Crippen MR) is 125 cm³/mol. The van der Waals surface area contributed by atoms with Crippen molar-refractivity contribution >= 4 is 11.9 Å². The maximum absolute atomic E-state index is 9.55. The van der Waals surface area contributed by atoms with Crippen LogP contribution in [0.15, 0.2) is 18.2 Å². The van der Waals surface area contributed by atoms with Gasteiger partial charge in [-0.25, -0.2) is 9.59 Å². The summed E-state index contributed by atoms with van der Waals surface area (Å²) in [6.07, 6.45) is 13.1. The van der Waals surface area contributed by atoms with Gasteiger partial charge in [-0.3, -0.25) is 9.58 Å². The molecule has 0 radical (unpaired) electrons. The van der Waals surface area contributed by atoms with Gasteiger partial charge in [0.15, 0.2) is 0 Å². The molecule has 0 unspecified atom stereocenters. The first-order valence-corrected chi connectivity index (χ1v) is 12.3. The van der Waals surface area contributed by atoms with E-state index >= 15 is 0 Å². The molecular weight excluding hydrogens is 424 g/mol. The topological polar surface area (TPSA) is 108 Å². The number of carboxylic acid groups (broad SMARTS) is 2. The number of carboxylic acids is 2. The summed E-state index contributed by atoms with van der Waals surface area (Å²) in [7, 11) is 0. The SMILES string of the molecule is O=C(O)/C=C\C(=O)O.c1c(OCCCN2CCN(C3CCCCC3)CC2)nn2c1CCCC2. The minimum Gasteiger partial charge on any atom is -0.478 e.